The molecule has 2 N–H and O–H groups in total. The molecule has 1 aromatic carbocycles. The molecule has 1 aromatic rings. The van der Waals surface area contributed by atoms with Gasteiger partial charge in [-0.15, -0.1) is 0 Å². The first-order valence-electron chi connectivity index (χ1n) is 6.73. The minimum Gasteiger partial charge on any atom is -0.496 e. The Bertz CT molecular complexity index is 393. The molecule has 0 radical (unpaired) electrons. The van der Waals surface area contributed by atoms with Gasteiger partial charge in [-0.1, -0.05) is 18.2 Å². The lowest BCUT2D eigenvalue weighted by Gasteiger charge is -2.16. The summed E-state index contributed by atoms with van der Waals surface area (Å²) in [6, 6.07) is 8.01. The van der Waals surface area contributed by atoms with Gasteiger partial charge in [0.1, 0.15) is 5.75 Å². The smallest absolute Gasteiger partial charge is 0.220 e. The molecule has 106 valence electrons. The van der Waals surface area contributed by atoms with Crippen LogP contribution in [-0.2, 0) is 11.2 Å². The summed E-state index contributed by atoms with van der Waals surface area (Å²) in [4.78, 5) is 11.7. The highest BCUT2D eigenvalue weighted by atomic mass is 16.5. The Morgan fingerprint density at radius 2 is 2.11 bits per heavy atom. The second kappa shape index (κ2) is 8.53. The number of benzene rings is 1. The number of para-hydroxylation sites is 1. The van der Waals surface area contributed by atoms with Crippen molar-refractivity contribution in [1.29, 1.82) is 0 Å². The zero-order valence-corrected chi connectivity index (χ0v) is 12.0. The van der Waals surface area contributed by atoms with Crippen molar-refractivity contribution < 1.29 is 9.53 Å². The van der Waals surface area contributed by atoms with Gasteiger partial charge in [0.25, 0.3) is 0 Å². The highest BCUT2D eigenvalue weighted by Gasteiger charge is 2.10. The van der Waals surface area contributed by atoms with Crippen molar-refractivity contribution in [3.63, 3.8) is 0 Å². The van der Waals surface area contributed by atoms with Crippen LogP contribution in [0.5, 0.6) is 5.75 Å². The normalized spacial score (nSPS) is 11.9. The summed E-state index contributed by atoms with van der Waals surface area (Å²) in [5, 5.41) is 6.05. The van der Waals surface area contributed by atoms with Crippen LogP contribution in [0.4, 0.5) is 0 Å². The van der Waals surface area contributed by atoms with Crippen LogP contribution >= 0.6 is 0 Å². The minimum atomic E-state index is 0.109. The van der Waals surface area contributed by atoms with Gasteiger partial charge < -0.3 is 15.4 Å². The molecule has 0 saturated carbocycles. The van der Waals surface area contributed by atoms with Gasteiger partial charge in [-0.05, 0) is 45.0 Å². The molecule has 0 spiro atoms. The topological polar surface area (TPSA) is 50.4 Å². The maximum absolute atomic E-state index is 11.7. The van der Waals surface area contributed by atoms with Crippen molar-refractivity contribution in [2.75, 3.05) is 20.7 Å². The third kappa shape index (κ3) is 5.75. The fourth-order valence-electron chi connectivity index (χ4n) is 2.03. The van der Waals surface area contributed by atoms with Crippen molar-refractivity contribution in [2.24, 2.45) is 0 Å². The molecule has 0 fully saturated rings. The monoisotopic (exact) mass is 264 g/mol. The number of amides is 1. The van der Waals surface area contributed by atoms with Crippen molar-refractivity contribution in [2.45, 2.75) is 32.2 Å². The van der Waals surface area contributed by atoms with Crippen LogP contribution < -0.4 is 15.4 Å². The number of hydrogen-bond acceptors (Lipinski definition) is 3. The summed E-state index contributed by atoms with van der Waals surface area (Å²) in [6.45, 7) is 2.89. The Morgan fingerprint density at radius 3 is 2.79 bits per heavy atom. The van der Waals surface area contributed by atoms with E-state index in [9.17, 15) is 4.79 Å². The molecule has 0 aliphatic carbocycles. The number of carbonyl (C=O) groups is 1. The van der Waals surface area contributed by atoms with E-state index in [1.54, 1.807) is 7.11 Å². The molecule has 1 atom stereocenters. The summed E-state index contributed by atoms with van der Waals surface area (Å²) in [6.07, 6.45) is 2.21. The van der Waals surface area contributed by atoms with Crippen molar-refractivity contribution >= 4 is 5.91 Å². The number of methoxy groups -OCH3 is 1. The number of rotatable bonds is 8. The van der Waals surface area contributed by atoms with Gasteiger partial charge in [-0.3, -0.25) is 4.79 Å². The summed E-state index contributed by atoms with van der Waals surface area (Å²) < 4.78 is 5.31. The van der Waals surface area contributed by atoms with E-state index in [0.717, 1.165) is 30.7 Å². The van der Waals surface area contributed by atoms with Crippen molar-refractivity contribution in [3.8, 4) is 5.75 Å². The largest absolute Gasteiger partial charge is 0.496 e. The Hall–Kier alpha value is -1.55. The van der Waals surface area contributed by atoms with E-state index in [4.69, 9.17) is 4.74 Å². The van der Waals surface area contributed by atoms with E-state index in [2.05, 4.69) is 10.6 Å². The van der Waals surface area contributed by atoms with Crippen LogP contribution in [0.15, 0.2) is 24.3 Å². The number of carbonyl (C=O) groups excluding carboxylic acids is 1. The molecule has 4 heteroatoms. The lowest BCUT2D eigenvalue weighted by atomic mass is 10.1. The molecule has 0 heterocycles. The summed E-state index contributed by atoms with van der Waals surface area (Å²) >= 11 is 0. The maximum Gasteiger partial charge on any atom is 0.220 e. The van der Waals surface area contributed by atoms with E-state index in [1.807, 2.05) is 38.2 Å². The van der Waals surface area contributed by atoms with E-state index in [-0.39, 0.29) is 11.9 Å². The lowest BCUT2D eigenvalue weighted by Crippen LogP contribution is -2.34. The Labute approximate surface area is 115 Å². The second-order valence-corrected chi connectivity index (χ2v) is 4.69. The van der Waals surface area contributed by atoms with Crippen molar-refractivity contribution in [3.05, 3.63) is 29.8 Å². The average Bonchev–Trinajstić information content (AvgIpc) is 2.39. The van der Waals surface area contributed by atoms with Crippen LogP contribution in [0.1, 0.15) is 25.3 Å². The molecule has 19 heavy (non-hydrogen) atoms. The van der Waals surface area contributed by atoms with E-state index < -0.39 is 0 Å². The van der Waals surface area contributed by atoms with Crippen LogP contribution in [0.2, 0.25) is 0 Å². The zero-order valence-electron chi connectivity index (χ0n) is 12.0. The van der Waals surface area contributed by atoms with Gasteiger partial charge in [0.15, 0.2) is 0 Å². The van der Waals surface area contributed by atoms with Gasteiger partial charge in [-0.25, -0.2) is 0 Å². The molecule has 1 amide bonds. The first-order chi connectivity index (χ1) is 9.17. The zero-order chi connectivity index (χ0) is 14.1. The second-order valence-electron chi connectivity index (χ2n) is 4.69. The van der Waals surface area contributed by atoms with Gasteiger partial charge in [0.05, 0.1) is 7.11 Å². The average molecular weight is 264 g/mol. The highest BCUT2D eigenvalue weighted by Crippen LogP contribution is 2.18. The third-order valence-electron chi connectivity index (χ3n) is 2.96. The Morgan fingerprint density at radius 1 is 1.37 bits per heavy atom. The fraction of sp³-hybridized carbons (Fsp3) is 0.533. The fourth-order valence-corrected chi connectivity index (χ4v) is 2.03. The number of nitrogens with one attached hydrogen (secondary N) is 2. The predicted octanol–water partition coefficient (Wildman–Crippen LogP) is 1.74. The summed E-state index contributed by atoms with van der Waals surface area (Å²) in [5.74, 6) is 0.983. The van der Waals surface area contributed by atoms with Crippen molar-refractivity contribution in [1.82, 2.24) is 10.6 Å². The molecule has 0 aliphatic heterocycles. The molecule has 0 bridgehead atoms. The van der Waals surface area contributed by atoms with Gasteiger partial charge >= 0.3 is 0 Å². The van der Waals surface area contributed by atoms with Crippen LogP contribution in [0.3, 0.4) is 0 Å². The Balaban J connectivity index is 2.42. The van der Waals surface area contributed by atoms with E-state index in [0.29, 0.717) is 6.42 Å². The standard InChI is InChI=1S/C15H24N2O2/c1-12(17-15(18)9-6-10-16-2)11-13-7-4-5-8-14(13)19-3/h4-5,7-8,12,16H,6,9-11H2,1-3H3,(H,17,18). The molecular weight excluding hydrogens is 240 g/mol. The van der Waals surface area contributed by atoms with Gasteiger partial charge in [0, 0.05) is 12.5 Å². The highest BCUT2D eigenvalue weighted by molar-refractivity contribution is 5.76. The number of hydrogen-bond donors (Lipinski definition) is 2. The molecule has 0 aliphatic rings. The predicted molar refractivity (Wildman–Crippen MR) is 77.5 cm³/mol. The Kier molecular flexibility index (Phi) is 6.97. The van der Waals surface area contributed by atoms with Gasteiger partial charge in [0.2, 0.25) is 5.91 Å². The molecule has 1 unspecified atom stereocenters. The minimum absolute atomic E-state index is 0.109. The molecule has 0 saturated heterocycles. The molecular formula is C15H24N2O2. The summed E-state index contributed by atoms with van der Waals surface area (Å²) in [7, 11) is 3.56. The van der Waals surface area contributed by atoms with E-state index in [1.165, 1.54) is 0 Å². The molecule has 0 aromatic heterocycles. The first kappa shape index (κ1) is 15.5. The maximum atomic E-state index is 11.7. The third-order valence-corrected chi connectivity index (χ3v) is 2.96. The number of ether oxygens (including phenoxy) is 1. The lowest BCUT2D eigenvalue weighted by molar-refractivity contribution is -0.121. The quantitative estimate of drug-likeness (QED) is 0.703. The van der Waals surface area contributed by atoms with Crippen LogP contribution in [0, 0.1) is 0 Å². The van der Waals surface area contributed by atoms with Crippen LogP contribution in [0.25, 0.3) is 0 Å². The first-order valence-corrected chi connectivity index (χ1v) is 6.73. The van der Waals surface area contributed by atoms with E-state index >= 15 is 0 Å². The molecule has 1 rings (SSSR count). The summed E-state index contributed by atoms with van der Waals surface area (Å²) in [5.41, 5.74) is 1.12. The van der Waals surface area contributed by atoms with Gasteiger partial charge in [-0.2, -0.15) is 0 Å². The molecule has 4 nitrogen and oxygen atoms in total. The van der Waals surface area contributed by atoms with Crippen LogP contribution in [-0.4, -0.2) is 32.7 Å². The SMILES string of the molecule is CNCCCC(=O)NC(C)Cc1ccccc1OC.